The van der Waals surface area contributed by atoms with Crippen molar-refractivity contribution in [2.45, 2.75) is 11.3 Å². The maximum Gasteiger partial charge on any atom is 0.260 e. The third-order valence-corrected chi connectivity index (χ3v) is 5.80. The molecule has 0 fully saturated rings. The fourth-order valence-corrected chi connectivity index (χ4v) is 4.48. The Bertz CT molecular complexity index is 926. The van der Waals surface area contributed by atoms with Crippen LogP contribution in [0.5, 0.6) is 11.5 Å². The van der Waals surface area contributed by atoms with Gasteiger partial charge in [0.25, 0.3) is 5.91 Å². The lowest BCUT2D eigenvalue weighted by Crippen LogP contribution is -2.13. The molecule has 0 aliphatic rings. The van der Waals surface area contributed by atoms with E-state index in [9.17, 15) is 4.79 Å². The second-order valence-electron chi connectivity index (χ2n) is 5.48. The van der Waals surface area contributed by atoms with Gasteiger partial charge in [-0.3, -0.25) is 4.79 Å². The van der Waals surface area contributed by atoms with Gasteiger partial charge in [0.2, 0.25) is 0 Å². The van der Waals surface area contributed by atoms with Gasteiger partial charge in [-0.15, -0.1) is 0 Å². The summed E-state index contributed by atoms with van der Waals surface area (Å²) >= 11 is 3.13. The van der Waals surface area contributed by atoms with Gasteiger partial charge in [-0.2, -0.15) is 0 Å². The summed E-state index contributed by atoms with van der Waals surface area (Å²) in [5.41, 5.74) is 2.18. The number of ether oxygens (including phenoxy) is 2. The molecule has 2 aromatic carbocycles. The average Bonchev–Trinajstić information content (AvgIpc) is 3.10. The Morgan fingerprint density at radius 3 is 2.59 bits per heavy atom. The number of anilines is 1. The molecule has 1 N–H and O–H groups in total. The predicted octanol–water partition coefficient (Wildman–Crippen LogP) is 5.19. The summed E-state index contributed by atoms with van der Waals surface area (Å²) in [6.45, 7) is 2.08. The van der Waals surface area contributed by atoms with Crippen LogP contribution in [-0.4, -0.2) is 30.9 Å². The number of hydrogen-bond donors (Lipinski definition) is 1. The van der Waals surface area contributed by atoms with Crippen LogP contribution in [0.1, 0.15) is 17.3 Å². The van der Waals surface area contributed by atoms with Crippen molar-refractivity contribution < 1.29 is 14.3 Å². The van der Waals surface area contributed by atoms with Crippen molar-refractivity contribution in [3.63, 3.8) is 0 Å². The number of carbonyl (C=O) groups excluding carboxylic acids is 1. The normalized spacial score (nSPS) is 10.5. The Balaban J connectivity index is 1.94. The molecule has 1 aromatic heterocycles. The standard InChI is InChI=1S/C20H20N2O3S2/c1-4-26-20-21-17(13-8-6-5-7-9-13)19(27-20)22-18(23)15-11-10-14(24-2)12-16(15)25-3/h5-12H,4H2,1-3H3,(H,22,23). The molecule has 5 nitrogen and oxygen atoms in total. The lowest BCUT2D eigenvalue weighted by molar-refractivity contribution is 0.102. The molecular formula is C20H20N2O3S2. The molecule has 0 aliphatic heterocycles. The zero-order chi connectivity index (χ0) is 19.2. The molecule has 0 aliphatic carbocycles. The van der Waals surface area contributed by atoms with Gasteiger partial charge in [-0.05, 0) is 17.9 Å². The number of aromatic nitrogens is 1. The maximum absolute atomic E-state index is 12.9. The molecule has 1 amide bonds. The number of amides is 1. The van der Waals surface area contributed by atoms with Gasteiger partial charge in [0.15, 0.2) is 4.34 Å². The number of benzene rings is 2. The lowest BCUT2D eigenvalue weighted by Gasteiger charge is -2.10. The maximum atomic E-state index is 12.9. The first-order chi connectivity index (χ1) is 13.2. The van der Waals surface area contributed by atoms with Crippen LogP contribution < -0.4 is 14.8 Å². The average molecular weight is 401 g/mol. The number of thioether (sulfide) groups is 1. The Morgan fingerprint density at radius 1 is 1.15 bits per heavy atom. The van der Waals surface area contributed by atoms with Crippen molar-refractivity contribution in [3.8, 4) is 22.8 Å². The van der Waals surface area contributed by atoms with Crippen LogP contribution in [0.25, 0.3) is 11.3 Å². The third kappa shape index (κ3) is 4.43. The van der Waals surface area contributed by atoms with Crippen molar-refractivity contribution in [2.24, 2.45) is 0 Å². The molecule has 0 bridgehead atoms. The number of rotatable bonds is 7. The highest BCUT2D eigenvalue weighted by molar-refractivity contribution is 8.01. The SMILES string of the molecule is CCSc1nc(-c2ccccc2)c(NC(=O)c2ccc(OC)cc2OC)s1. The first kappa shape index (κ1) is 19.3. The van der Waals surface area contributed by atoms with Crippen molar-refractivity contribution in [1.82, 2.24) is 4.98 Å². The first-order valence-corrected chi connectivity index (χ1v) is 10.2. The van der Waals surface area contributed by atoms with Crippen molar-refractivity contribution in [3.05, 3.63) is 54.1 Å². The number of hydrogen-bond acceptors (Lipinski definition) is 6. The number of nitrogens with zero attached hydrogens (tertiary/aromatic N) is 1. The highest BCUT2D eigenvalue weighted by Gasteiger charge is 2.19. The molecule has 7 heteroatoms. The van der Waals surface area contributed by atoms with E-state index in [0.717, 1.165) is 26.4 Å². The smallest absolute Gasteiger partial charge is 0.260 e. The fraction of sp³-hybridized carbons (Fsp3) is 0.200. The quantitative estimate of drug-likeness (QED) is 0.553. The van der Waals surface area contributed by atoms with E-state index in [1.54, 1.807) is 37.1 Å². The molecule has 27 heavy (non-hydrogen) atoms. The third-order valence-electron chi connectivity index (χ3n) is 3.80. The van der Waals surface area contributed by atoms with E-state index < -0.39 is 0 Å². The highest BCUT2D eigenvalue weighted by atomic mass is 32.2. The summed E-state index contributed by atoms with van der Waals surface area (Å²) in [4.78, 5) is 17.6. The highest BCUT2D eigenvalue weighted by Crippen LogP contribution is 2.38. The predicted molar refractivity (Wildman–Crippen MR) is 111 cm³/mol. The molecule has 0 saturated carbocycles. The molecule has 0 atom stereocenters. The van der Waals surface area contributed by atoms with Crippen LogP contribution in [-0.2, 0) is 0 Å². The van der Waals surface area contributed by atoms with Gasteiger partial charge in [0.1, 0.15) is 22.2 Å². The summed E-state index contributed by atoms with van der Waals surface area (Å²) in [7, 11) is 3.11. The Kier molecular flexibility index (Phi) is 6.36. The lowest BCUT2D eigenvalue weighted by atomic mass is 10.1. The first-order valence-electron chi connectivity index (χ1n) is 8.38. The summed E-state index contributed by atoms with van der Waals surface area (Å²) in [6.07, 6.45) is 0. The van der Waals surface area contributed by atoms with E-state index in [1.165, 1.54) is 18.4 Å². The summed E-state index contributed by atoms with van der Waals surface area (Å²) in [6, 6.07) is 15.0. The fourth-order valence-electron chi connectivity index (χ4n) is 2.52. The van der Waals surface area contributed by atoms with Crippen molar-refractivity contribution in [2.75, 3.05) is 25.3 Å². The van der Waals surface area contributed by atoms with E-state index in [-0.39, 0.29) is 5.91 Å². The van der Waals surface area contributed by atoms with E-state index in [1.807, 2.05) is 30.3 Å². The van der Waals surface area contributed by atoms with Crippen LogP contribution >= 0.6 is 23.1 Å². The Morgan fingerprint density at radius 2 is 1.93 bits per heavy atom. The van der Waals surface area contributed by atoms with Crippen LogP contribution in [0.15, 0.2) is 52.9 Å². The second kappa shape index (κ2) is 8.92. The molecule has 0 saturated heterocycles. The number of nitrogens with one attached hydrogen (secondary N) is 1. The molecular weight excluding hydrogens is 380 g/mol. The summed E-state index contributed by atoms with van der Waals surface area (Å²) < 4.78 is 11.5. The van der Waals surface area contributed by atoms with E-state index >= 15 is 0 Å². The van der Waals surface area contributed by atoms with Gasteiger partial charge >= 0.3 is 0 Å². The zero-order valence-electron chi connectivity index (χ0n) is 15.3. The molecule has 0 unspecified atom stereocenters. The summed E-state index contributed by atoms with van der Waals surface area (Å²) in [5, 5.41) is 3.72. The van der Waals surface area contributed by atoms with Crippen molar-refractivity contribution >= 4 is 34.0 Å². The number of thiazole rings is 1. The Labute approximate surface area is 166 Å². The minimum absolute atomic E-state index is 0.247. The van der Waals surface area contributed by atoms with E-state index in [2.05, 4.69) is 12.2 Å². The summed E-state index contributed by atoms with van der Waals surface area (Å²) in [5.74, 6) is 1.76. The largest absolute Gasteiger partial charge is 0.497 e. The van der Waals surface area contributed by atoms with Gasteiger partial charge in [-0.25, -0.2) is 4.98 Å². The van der Waals surface area contributed by atoms with Gasteiger partial charge in [0.05, 0.1) is 19.8 Å². The van der Waals surface area contributed by atoms with Gasteiger partial charge < -0.3 is 14.8 Å². The van der Waals surface area contributed by atoms with Gasteiger partial charge in [0, 0.05) is 11.6 Å². The molecule has 1 heterocycles. The van der Waals surface area contributed by atoms with Crippen LogP contribution in [0.3, 0.4) is 0 Å². The number of carbonyl (C=O) groups is 1. The van der Waals surface area contributed by atoms with E-state index in [0.29, 0.717) is 17.1 Å². The molecule has 0 spiro atoms. The topological polar surface area (TPSA) is 60.5 Å². The van der Waals surface area contributed by atoms with Crippen molar-refractivity contribution in [1.29, 1.82) is 0 Å². The molecule has 0 radical (unpaired) electrons. The second-order valence-corrected chi connectivity index (χ2v) is 7.99. The Hall–Kier alpha value is -2.51. The monoisotopic (exact) mass is 400 g/mol. The molecule has 140 valence electrons. The molecule has 3 aromatic rings. The van der Waals surface area contributed by atoms with Crippen LogP contribution in [0.2, 0.25) is 0 Å². The van der Waals surface area contributed by atoms with Crippen LogP contribution in [0.4, 0.5) is 5.00 Å². The van der Waals surface area contributed by atoms with Crippen LogP contribution in [0, 0.1) is 0 Å². The van der Waals surface area contributed by atoms with Gasteiger partial charge in [-0.1, -0.05) is 60.4 Å². The minimum atomic E-state index is -0.247. The molecule has 3 rings (SSSR count). The zero-order valence-corrected chi connectivity index (χ0v) is 16.9. The van der Waals surface area contributed by atoms with E-state index in [4.69, 9.17) is 14.5 Å². The minimum Gasteiger partial charge on any atom is -0.497 e. The number of methoxy groups -OCH3 is 2.